The third kappa shape index (κ3) is 6.28. The van der Waals surface area contributed by atoms with E-state index in [1.54, 1.807) is 0 Å². The van der Waals surface area contributed by atoms with Crippen LogP contribution in [0, 0.1) is 13.8 Å². The van der Waals surface area contributed by atoms with Gasteiger partial charge in [-0.2, -0.15) is 0 Å². The maximum absolute atomic E-state index is 7.07. The molecule has 4 heteroatoms. The van der Waals surface area contributed by atoms with E-state index in [1.165, 1.54) is 33.4 Å². The molecule has 0 radical (unpaired) electrons. The molecule has 7 aromatic rings. The Hall–Kier alpha value is -6.00. The van der Waals surface area contributed by atoms with Crippen molar-refractivity contribution < 1.29 is 9.47 Å². The van der Waals surface area contributed by atoms with Crippen molar-refractivity contribution in [3.05, 3.63) is 168 Å². The Labute approximate surface area is 332 Å². The molecule has 0 spiro atoms. The van der Waals surface area contributed by atoms with Crippen LogP contribution in [-0.2, 0) is 10.8 Å². The first kappa shape index (κ1) is 35.7. The van der Waals surface area contributed by atoms with Gasteiger partial charge in [0.2, 0.25) is 0 Å². The van der Waals surface area contributed by atoms with E-state index in [4.69, 9.17) is 9.47 Å². The highest BCUT2D eigenvalue weighted by Gasteiger charge is 2.41. The lowest BCUT2D eigenvalue weighted by Crippen LogP contribution is -2.57. The number of ether oxygens (including phenoxy) is 2. The van der Waals surface area contributed by atoms with E-state index in [0.717, 1.165) is 67.6 Å². The molecule has 0 bridgehead atoms. The summed E-state index contributed by atoms with van der Waals surface area (Å²) < 4.78 is 14.1. The van der Waals surface area contributed by atoms with Gasteiger partial charge in [-0.05, 0) is 105 Å². The Balaban J connectivity index is 1.26. The van der Waals surface area contributed by atoms with Crippen molar-refractivity contribution in [3.8, 4) is 45.3 Å². The summed E-state index contributed by atoms with van der Waals surface area (Å²) in [4.78, 5) is 2.28. The Morgan fingerprint density at radius 2 is 0.857 bits per heavy atom. The molecule has 0 aromatic heterocycles. The van der Waals surface area contributed by atoms with E-state index in [0.29, 0.717) is 0 Å². The second-order valence-electron chi connectivity index (χ2n) is 17.6. The van der Waals surface area contributed by atoms with Crippen molar-refractivity contribution in [3.63, 3.8) is 0 Å². The molecule has 2 heterocycles. The average molecular weight is 730 g/mol. The van der Waals surface area contributed by atoms with E-state index < -0.39 is 0 Å². The van der Waals surface area contributed by atoms with Crippen LogP contribution in [0.5, 0.6) is 23.0 Å². The first-order valence-electron chi connectivity index (χ1n) is 19.8. The SMILES string of the molecule is Cc1ccc(C(C)(C)C)c(-c2ccc3c(c2)Oc2cc(N(c4ccccc4)c4ccccc4)cc4c2B3c2ccc(-c3cc(C)ccc3C(C)(C)C)cc2O4)c1. The molecule has 56 heavy (non-hydrogen) atoms. The van der Waals surface area contributed by atoms with E-state index in [-0.39, 0.29) is 17.5 Å². The molecular formula is C52H48BNO2. The lowest BCUT2D eigenvalue weighted by atomic mass is 9.34. The van der Waals surface area contributed by atoms with Gasteiger partial charge in [-0.25, -0.2) is 0 Å². The molecule has 0 unspecified atom stereocenters. The lowest BCUT2D eigenvalue weighted by Gasteiger charge is -2.35. The average Bonchev–Trinajstić information content (AvgIpc) is 3.17. The van der Waals surface area contributed by atoms with Crippen LogP contribution >= 0.6 is 0 Å². The van der Waals surface area contributed by atoms with Crippen LogP contribution in [0.2, 0.25) is 0 Å². The zero-order valence-corrected chi connectivity index (χ0v) is 33.7. The molecule has 0 atom stereocenters. The summed E-state index contributed by atoms with van der Waals surface area (Å²) in [5.74, 6) is 3.38. The standard InChI is InChI=1S/C52H48BNO2/c1-33-19-23-42(51(3,4)5)40(27-33)35-21-25-44-46(29-35)55-48-31-39(54(37-15-11-9-12-16-37)38-17-13-10-14-18-38)32-49-50(48)53(44)45-26-22-36(30-47(45)56-49)41-28-34(2)20-24-43(41)52(6,7)8/h9-32H,1-8H3. The molecule has 0 saturated carbocycles. The molecule has 276 valence electrons. The third-order valence-electron chi connectivity index (χ3n) is 11.3. The van der Waals surface area contributed by atoms with Crippen molar-refractivity contribution in [2.24, 2.45) is 0 Å². The number of rotatable bonds is 5. The minimum atomic E-state index is -0.0641. The Morgan fingerprint density at radius 1 is 0.429 bits per heavy atom. The zero-order valence-electron chi connectivity index (χ0n) is 33.7. The summed E-state index contributed by atoms with van der Waals surface area (Å²) in [6, 6.07) is 52.7. The molecule has 0 N–H and O–H groups in total. The van der Waals surface area contributed by atoms with E-state index in [9.17, 15) is 0 Å². The fraction of sp³-hybridized carbons (Fsp3) is 0.192. The van der Waals surface area contributed by atoms with Gasteiger partial charge in [0.25, 0.3) is 6.71 Å². The first-order chi connectivity index (χ1) is 26.8. The predicted molar refractivity (Wildman–Crippen MR) is 237 cm³/mol. The number of benzene rings is 7. The monoisotopic (exact) mass is 729 g/mol. The highest BCUT2D eigenvalue weighted by atomic mass is 16.5. The maximum atomic E-state index is 7.07. The van der Waals surface area contributed by atoms with Crippen LogP contribution in [0.4, 0.5) is 17.1 Å². The van der Waals surface area contributed by atoms with Gasteiger partial charge in [0.1, 0.15) is 23.0 Å². The highest BCUT2D eigenvalue weighted by Crippen LogP contribution is 2.44. The summed E-state index contributed by atoms with van der Waals surface area (Å²) in [5.41, 5.74) is 16.3. The van der Waals surface area contributed by atoms with Crippen molar-refractivity contribution in [2.75, 3.05) is 4.90 Å². The topological polar surface area (TPSA) is 21.7 Å². The highest BCUT2D eigenvalue weighted by molar-refractivity contribution is 6.98. The number of nitrogens with zero attached hydrogens (tertiary/aromatic N) is 1. The molecule has 0 amide bonds. The molecule has 2 aliphatic heterocycles. The van der Waals surface area contributed by atoms with Gasteiger partial charge in [-0.3, -0.25) is 0 Å². The largest absolute Gasteiger partial charge is 0.458 e. The third-order valence-corrected chi connectivity index (χ3v) is 11.3. The second-order valence-corrected chi connectivity index (χ2v) is 17.6. The zero-order chi connectivity index (χ0) is 38.9. The summed E-state index contributed by atoms with van der Waals surface area (Å²) >= 11 is 0. The minimum absolute atomic E-state index is 0.0178. The lowest BCUT2D eigenvalue weighted by molar-refractivity contribution is 0.465. The van der Waals surface area contributed by atoms with Crippen LogP contribution in [0.25, 0.3) is 22.3 Å². The van der Waals surface area contributed by atoms with Crippen molar-refractivity contribution in [1.82, 2.24) is 0 Å². The molecule has 7 aromatic carbocycles. The van der Waals surface area contributed by atoms with Crippen molar-refractivity contribution in [1.29, 1.82) is 0 Å². The van der Waals surface area contributed by atoms with Crippen molar-refractivity contribution in [2.45, 2.75) is 66.2 Å². The minimum Gasteiger partial charge on any atom is -0.458 e. The molecule has 3 nitrogen and oxygen atoms in total. The smallest absolute Gasteiger partial charge is 0.260 e. The Kier molecular flexibility index (Phi) is 8.50. The number of hydrogen-bond donors (Lipinski definition) is 0. The van der Waals surface area contributed by atoms with Gasteiger partial charge in [0.05, 0.1) is 5.69 Å². The quantitative estimate of drug-likeness (QED) is 0.165. The van der Waals surface area contributed by atoms with Gasteiger partial charge >= 0.3 is 0 Å². The van der Waals surface area contributed by atoms with Crippen LogP contribution in [0.1, 0.15) is 63.8 Å². The normalized spacial score (nSPS) is 12.9. The summed E-state index contributed by atoms with van der Waals surface area (Å²) in [5, 5.41) is 0. The Morgan fingerprint density at radius 3 is 1.27 bits per heavy atom. The van der Waals surface area contributed by atoms with Gasteiger partial charge in [-0.15, -0.1) is 0 Å². The molecular weight excluding hydrogens is 681 g/mol. The van der Waals surface area contributed by atoms with Crippen LogP contribution < -0.4 is 30.8 Å². The van der Waals surface area contributed by atoms with Crippen LogP contribution in [0.3, 0.4) is 0 Å². The Bertz CT molecular complexity index is 2450. The fourth-order valence-corrected chi connectivity index (χ4v) is 8.65. The number of aryl methyl sites for hydroxylation is 2. The van der Waals surface area contributed by atoms with Crippen LogP contribution in [0.15, 0.2) is 146 Å². The first-order valence-corrected chi connectivity index (χ1v) is 19.8. The van der Waals surface area contributed by atoms with Gasteiger partial charge in [-0.1, -0.05) is 150 Å². The molecule has 0 saturated heterocycles. The number of fused-ring (bicyclic) bond motifs is 4. The summed E-state index contributed by atoms with van der Waals surface area (Å²) in [6.07, 6.45) is 0. The molecule has 0 aliphatic carbocycles. The molecule has 2 aliphatic rings. The van der Waals surface area contributed by atoms with E-state index in [2.05, 4.69) is 206 Å². The van der Waals surface area contributed by atoms with Crippen molar-refractivity contribution >= 4 is 40.2 Å². The van der Waals surface area contributed by atoms with Crippen LogP contribution in [-0.4, -0.2) is 6.71 Å². The van der Waals surface area contributed by atoms with E-state index >= 15 is 0 Å². The predicted octanol–water partition coefficient (Wildman–Crippen LogP) is 12.4. The summed E-state index contributed by atoms with van der Waals surface area (Å²) in [6.45, 7) is 18.0. The van der Waals surface area contributed by atoms with Gasteiger partial charge < -0.3 is 14.4 Å². The van der Waals surface area contributed by atoms with E-state index in [1.807, 2.05) is 0 Å². The number of para-hydroxylation sites is 2. The summed E-state index contributed by atoms with van der Waals surface area (Å²) in [7, 11) is 0. The molecule has 9 rings (SSSR count). The fourth-order valence-electron chi connectivity index (χ4n) is 8.65. The number of anilines is 3. The molecule has 0 fully saturated rings. The number of hydrogen-bond acceptors (Lipinski definition) is 3. The maximum Gasteiger partial charge on any atom is 0.260 e. The second kappa shape index (κ2) is 13.3. The van der Waals surface area contributed by atoms with Gasteiger partial charge in [0, 0.05) is 29.0 Å². The van der Waals surface area contributed by atoms with Gasteiger partial charge in [0.15, 0.2) is 0 Å².